The fourth-order valence-corrected chi connectivity index (χ4v) is 3.25. The van der Waals surface area contributed by atoms with Crippen LogP contribution in [0.1, 0.15) is 46.5 Å². The van der Waals surface area contributed by atoms with Crippen LogP contribution in [0.3, 0.4) is 0 Å². The van der Waals surface area contributed by atoms with Crippen LogP contribution in [0.15, 0.2) is 0 Å². The Morgan fingerprint density at radius 2 is 1.72 bits per heavy atom. The molecule has 1 heterocycles. The van der Waals surface area contributed by atoms with Gasteiger partial charge in [0.05, 0.1) is 12.1 Å². The predicted octanol–water partition coefficient (Wildman–Crippen LogP) is 2.07. The van der Waals surface area contributed by atoms with Crippen LogP contribution in [0, 0.1) is 5.41 Å². The molecule has 2 amide bonds. The number of carbonyl (C=O) groups is 1. The maximum atomic E-state index is 12.3. The summed E-state index contributed by atoms with van der Waals surface area (Å²) in [5.74, 6) is 0. The highest BCUT2D eigenvalue weighted by Gasteiger charge is 2.43. The molecule has 0 bridgehead atoms. The van der Waals surface area contributed by atoms with Gasteiger partial charge >= 0.3 is 6.03 Å². The first kappa shape index (κ1) is 13.7. The number of aliphatic hydroxyl groups excluding tert-OH is 1. The Kier molecular flexibility index (Phi) is 3.58. The lowest BCUT2D eigenvalue weighted by molar-refractivity contribution is 0.0890. The molecule has 1 aliphatic carbocycles. The van der Waals surface area contributed by atoms with Crippen LogP contribution in [0.25, 0.3) is 0 Å². The van der Waals surface area contributed by atoms with Gasteiger partial charge in [-0.1, -0.05) is 20.8 Å². The summed E-state index contributed by atoms with van der Waals surface area (Å²) in [6.45, 7) is 7.40. The monoisotopic (exact) mass is 254 g/mol. The molecule has 18 heavy (non-hydrogen) atoms. The highest BCUT2D eigenvalue weighted by atomic mass is 16.3. The molecule has 1 atom stereocenters. The lowest BCUT2D eigenvalue weighted by Gasteiger charge is -2.33. The summed E-state index contributed by atoms with van der Waals surface area (Å²) in [6.07, 6.45) is 3.39. The second-order valence-electron chi connectivity index (χ2n) is 6.89. The van der Waals surface area contributed by atoms with Gasteiger partial charge in [0.25, 0.3) is 0 Å². The fraction of sp³-hybridized carbons (Fsp3) is 0.929. The van der Waals surface area contributed by atoms with Gasteiger partial charge in [-0.15, -0.1) is 0 Å². The summed E-state index contributed by atoms with van der Waals surface area (Å²) < 4.78 is 0. The number of aliphatic hydroxyl groups is 1. The molecule has 0 aromatic rings. The third-order valence-electron chi connectivity index (χ3n) is 4.49. The van der Waals surface area contributed by atoms with E-state index >= 15 is 0 Å². The van der Waals surface area contributed by atoms with Crippen molar-refractivity contribution in [1.82, 2.24) is 9.80 Å². The van der Waals surface area contributed by atoms with E-state index in [-0.39, 0.29) is 23.6 Å². The van der Waals surface area contributed by atoms with Crippen LogP contribution in [0.4, 0.5) is 4.79 Å². The van der Waals surface area contributed by atoms with E-state index in [1.807, 2.05) is 16.8 Å². The van der Waals surface area contributed by atoms with E-state index in [9.17, 15) is 9.90 Å². The molecule has 1 saturated heterocycles. The summed E-state index contributed by atoms with van der Waals surface area (Å²) in [5.41, 5.74) is 0.118. The van der Waals surface area contributed by atoms with Crippen molar-refractivity contribution in [2.75, 3.05) is 13.6 Å². The Labute approximate surface area is 110 Å². The predicted molar refractivity (Wildman–Crippen MR) is 71.4 cm³/mol. The zero-order valence-corrected chi connectivity index (χ0v) is 12.0. The van der Waals surface area contributed by atoms with Crippen LogP contribution in [0.2, 0.25) is 0 Å². The van der Waals surface area contributed by atoms with Crippen LogP contribution >= 0.6 is 0 Å². The Hall–Kier alpha value is -0.770. The second kappa shape index (κ2) is 4.72. The molecule has 4 heteroatoms. The van der Waals surface area contributed by atoms with Gasteiger partial charge in [0, 0.05) is 19.6 Å². The number of rotatable bonds is 1. The Morgan fingerprint density at radius 3 is 2.17 bits per heavy atom. The van der Waals surface area contributed by atoms with E-state index in [0.29, 0.717) is 6.04 Å². The van der Waals surface area contributed by atoms with Crippen molar-refractivity contribution in [2.24, 2.45) is 5.41 Å². The molecule has 2 rings (SSSR count). The Morgan fingerprint density at radius 1 is 1.17 bits per heavy atom. The topological polar surface area (TPSA) is 43.8 Å². The second-order valence-corrected chi connectivity index (χ2v) is 6.89. The molecular formula is C14H26N2O2. The zero-order valence-electron chi connectivity index (χ0n) is 12.0. The summed E-state index contributed by atoms with van der Waals surface area (Å²) in [4.78, 5) is 16.3. The summed E-state index contributed by atoms with van der Waals surface area (Å²) in [7, 11) is 1.91. The first-order valence-corrected chi connectivity index (χ1v) is 7.02. The van der Waals surface area contributed by atoms with E-state index in [0.717, 1.165) is 32.2 Å². The van der Waals surface area contributed by atoms with Crippen molar-refractivity contribution in [3.63, 3.8) is 0 Å². The number of urea groups is 1. The van der Waals surface area contributed by atoms with Gasteiger partial charge in [-0.3, -0.25) is 0 Å². The minimum Gasteiger partial charge on any atom is -0.393 e. The van der Waals surface area contributed by atoms with Gasteiger partial charge in [0.1, 0.15) is 0 Å². The molecule has 2 fully saturated rings. The summed E-state index contributed by atoms with van der Waals surface area (Å²) in [6, 6.07) is 0.781. The fourth-order valence-electron chi connectivity index (χ4n) is 3.25. The van der Waals surface area contributed by atoms with Gasteiger partial charge in [-0.05, 0) is 31.1 Å². The maximum Gasteiger partial charge on any atom is 0.320 e. The third kappa shape index (κ3) is 2.48. The van der Waals surface area contributed by atoms with Gasteiger partial charge in [-0.25, -0.2) is 4.79 Å². The third-order valence-corrected chi connectivity index (χ3v) is 4.49. The van der Waals surface area contributed by atoms with Gasteiger partial charge < -0.3 is 14.9 Å². The quantitative estimate of drug-likeness (QED) is 0.778. The Balaban J connectivity index is 2.05. The van der Waals surface area contributed by atoms with Crippen molar-refractivity contribution in [3.8, 4) is 0 Å². The van der Waals surface area contributed by atoms with Crippen molar-refractivity contribution in [2.45, 2.75) is 64.6 Å². The van der Waals surface area contributed by atoms with E-state index in [2.05, 4.69) is 20.8 Å². The number of hydrogen-bond acceptors (Lipinski definition) is 2. The first-order chi connectivity index (χ1) is 8.30. The molecule has 4 nitrogen and oxygen atoms in total. The Bertz CT molecular complexity index is 316. The number of likely N-dealkylation sites (N-methyl/N-ethyl adjacent to an activating group) is 1. The molecule has 1 unspecified atom stereocenters. The lowest BCUT2D eigenvalue weighted by atomic mass is 9.86. The van der Waals surface area contributed by atoms with Gasteiger partial charge in [-0.2, -0.15) is 0 Å². The normalized spacial score (nSPS) is 34.3. The summed E-state index contributed by atoms with van der Waals surface area (Å²) in [5, 5.41) is 9.56. The van der Waals surface area contributed by atoms with Gasteiger partial charge in [0.2, 0.25) is 0 Å². The van der Waals surface area contributed by atoms with E-state index in [4.69, 9.17) is 0 Å². The van der Waals surface area contributed by atoms with Crippen molar-refractivity contribution in [3.05, 3.63) is 0 Å². The molecule has 1 aliphatic heterocycles. The van der Waals surface area contributed by atoms with E-state index in [1.165, 1.54) is 0 Å². The molecular weight excluding hydrogens is 228 g/mol. The minimum atomic E-state index is -0.157. The largest absolute Gasteiger partial charge is 0.393 e. The van der Waals surface area contributed by atoms with Crippen LogP contribution in [0.5, 0.6) is 0 Å². The maximum absolute atomic E-state index is 12.3. The molecule has 1 N–H and O–H groups in total. The number of hydrogen-bond donors (Lipinski definition) is 1. The van der Waals surface area contributed by atoms with E-state index < -0.39 is 0 Å². The highest BCUT2D eigenvalue weighted by Crippen LogP contribution is 2.33. The van der Waals surface area contributed by atoms with Crippen molar-refractivity contribution < 1.29 is 9.90 Å². The van der Waals surface area contributed by atoms with Crippen LogP contribution in [-0.2, 0) is 0 Å². The number of carbonyl (C=O) groups excluding carboxylic acids is 1. The van der Waals surface area contributed by atoms with Crippen molar-refractivity contribution in [1.29, 1.82) is 0 Å². The van der Waals surface area contributed by atoms with E-state index in [1.54, 1.807) is 0 Å². The molecule has 0 aromatic carbocycles. The standard InChI is InChI=1S/C14H26N2O2/c1-14(2,3)12-9-16(13(18)15(12)4)10-5-7-11(17)8-6-10/h10-12,17H,5-9H2,1-4H3. The zero-order chi connectivity index (χ0) is 13.5. The average Bonchev–Trinajstić information content (AvgIpc) is 2.57. The number of nitrogens with zero attached hydrogens (tertiary/aromatic N) is 2. The molecule has 1 saturated carbocycles. The highest BCUT2D eigenvalue weighted by molar-refractivity contribution is 5.77. The molecule has 0 spiro atoms. The summed E-state index contributed by atoms with van der Waals surface area (Å²) >= 11 is 0. The SMILES string of the molecule is CN1C(=O)N(C2CCC(O)CC2)CC1C(C)(C)C. The molecule has 104 valence electrons. The number of amides is 2. The molecule has 0 aromatic heterocycles. The van der Waals surface area contributed by atoms with Gasteiger partial charge in [0.15, 0.2) is 0 Å². The van der Waals surface area contributed by atoms with Crippen molar-refractivity contribution >= 4 is 6.03 Å². The van der Waals surface area contributed by atoms with Crippen LogP contribution < -0.4 is 0 Å². The van der Waals surface area contributed by atoms with Crippen LogP contribution in [-0.4, -0.2) is 52.7 Å². The average molecular weight is 254 g/mol. The smallest absolute Gasteiger partial charge is 0.320 e. The lowest BCUT2D eigenvalue weighted by Crippen LogP contribution is -2.41. The minimum absolute atomic E-state index is 0.118. The first-order valence-electron chi connectivity index (χ1n) is 7.02. The molecule has 2 aliphatic rings. The molecule has 0 radical (unpaired) electrons.